The molecule has 1 aromatic carbocycles. The minimum Gasteiger partial charge on any atom is -0.397 e. The number of hydrogen-bond donors (Lipinski definition) is 3. The second kappa shape index (κ2) is 7.69. The third-order valence-corrected chi connectivity index (χ3v) is 7.42. The van der Waals surface area contributed by atoms with Gasteiger partial charge in [-0.05, 0) is 42.8 Å². The van der Waals surface area contributed by atoms with Crippen LogP contribution >= 0.6 is 0 Å². The van der Waals surface area contributed by atoms with Crippen LogP contribution in [-0.4, -0.2) is 33.9 Å². The Morgan fingerprint density at radius 1 is 1.09 bits per heavy atom. The predicted molar refractivity (Wildman–Crippen MR) is 126 cm³/mol. The number of anilines is 4. The molecule has 4 heterocycles. The molecule has 1 aliphatic rings. The standard InChI is InChI=1S/C22H22FN7O2S/c1-12-16(8-26-10-18(12)24)15-5-13-6-19(27-9-17(13)22(25)21(15)23)28-20-7-14-3-2-4-33(31,32)11-30(14)29-20/h5-10H,2-4,11,24-25H2,1H3,(H,27,28,29). The van der Waals surface area contributed by atoms with Crippen LogP contribution in [0.15, 0.2) is 36.8 Å². The number of benzene rings is 1. The number of nitrogens with two attached hydrogens (primary N) is 2. The van der Waals surface area contributed by atoms with E-state index in [4.69, 9.17) is 11.5 Å². The van der Waals surface area contributed by atoms with E-state index in [1.807, 2.05) is 6.07 Å². The molecule has 0 bridgehead atoms. The van der Waals surface area contributed by atoms with Crippen molar-refractivity contribution in [2.24, 2.45) is 0 Å². The van der Waals surface area contributed by atoms with E-state index in [9.17, 15) is 8.42 Å². The van der Waals surface area contributed by atoms with Gasteiger partial charge >= 0.3 is 0 Å². The summed E-state index contributed by atoms with van der Waals surface area (Å²) < 4.78 is 40.7. The fourth-order valence-corrected chi connectivity index (χ4v) is 5.37. The molecule has 5 N–H and O–H groups in total. The van der Waals surface area contributed by atoms with Crippen LogP contribution in [0, 0.1) is 12.7 Å². The summed E-state index contributed by atoms with van der Waals surface area (Å²) in [6.07, 6.45) is 5.77. The van der Waals surface area contributed by atoms with Crippen molar-refractivity contribution in [1.29, 1.82) is 0 Å². The molecule has 11 heteroatoms. The smallest absolute Gasteiger partial charge is 0.170 e. The van der Waals surface area contributed by atoms with Crippen molar-refractivity contribution in [3.63, 3.8) is 0 Å². The minimum absolute atomic E-state index is 0.0118. The van der Waals surface area contributed by atoms with E-state index in [1.165, 1.54) is 17.1 Å². The highest BCUT2D eigenvalue weighted by molar-refractivity contribution is 7.90. The monoisotopic (exact) mass is 467 g/mol. The van der Waals surface area contributed by atoms with Crippen molar-refractivity contribution < 1.29 is 12.8 Å². The molecule has 0 atom stereocenters. The van der Waals surface area contributed by atoms with Crippen molar-refractivity contribution in [2.45, 2.75) is 25.6 Å². The fourth-order valence-electron chi connectivity index (χ4n) is 4.06. The lowest BCUT2D eigenvalue weighted by atomic mass is 9.97. The van der Waals surface area contributed by atoms with Crippen LogP contribution in [-0.2, 0) is 22.1 Å². The Bertz CT molecular complexity index is 1520. The predicted octanol–water partition coefficient (Wildman–Crippen LogP) is 3.17. The second-order valence-electron chi connectivity index (χ2n) is 8.17. The van der Waals surface area contributed by atoms with Gasteiger partial charge in [-0.2, -0.15) is 5.10 Å². The van der Waals surface area contributed by atoms with Crippen LogP contribution in [0.2, 0.25) is 0 Å². The van der Waals surface area contributed by atoms with Gasteiger partial charge in [0.25, 0.3) is 0 Å². The number of rotatable bonds is 3. The average molecular weight is 468 g/mol. The Morgan fingerprint density at radius 3 is 2.73 bits per heavy atom. The van der Waals surface area contributed by atoms with Crippen molar-refractivity contribution in [3.8, 4) is 11.1 Å². The number of halogens is 1. The van der Waals surface area contributed by atoms with Crippen molar-refractivity contribution in [2.75, 3.05) is 22.5 Å². The van der Waals surface area contributed by atoms with Crippen LogP contribution in [0.4, 0.5) is 27.4 Å². The molecule has 9 nitrogen and oxygen atoms in total. The number of aromatic nitrogens is 4. The number of aryl methyl sites for hydroxylation is 1. The van der Waals surface area contributed by atoms with E-state index in [0.717, 1.165) is 5.69 Å². The Balaban J connectivity index is 1.54. The minimum atomic E-state index is -3.17. The van der Waals surface area contributed by atoms with E-state index in [0.29, 0.717) is 57.6 Å². The lowest BCUT2D eigenvalue weighted by Gasteiger charge is -2.13. The first-order valence-corrected chi connectivity index (χ1v) is 12.2. The highest BCUT2D eigenvalue weighted by atomic mass is 32.2. The molecule has 0 aliphatic carbocycles. The first-order chi connectivity index (χ1) is 15.7. The Morgan fingerprint density at radius 2 is 1.91 bits per heavy atom. The van der Waals surface area contributed by atoms with E-state index < -0.39 is 15.7 Å². The number of nitrogen functional groups attached to an aromatic ring is 2. The van der Waals surface area contributed by atoms with Gasteiger partial charge in [0.1, 0.15) is 11.7 Å². The topological polar surface area (TPSA) is 142 Å². The average Bonchev–Trinajstić information content (AvgIpc) is 3.05. The van der Waals surface area contributed by atoms with Crippen LogP contribution in [0.1, 0.15) is 17.7 Å². The number of pyridine rings is 2. The summed E-state index contributed by atoms with van der Waals surface area (Å²) in [5, 5.41) is 8.64. The van der Waals surface area contributed by atoms with E-state index >= 15 is 4.39 Å². The van der Waals surface area contributed by atoms with E-state index in [2.05, 4.69) is 20.4 Å². The third-order valence-electron chi connectivity index (χ3n) is 5.87. The lowest BCUT2D eigenvalue weighted by Crippen LogP contribution is -2.13. The SMILES string of the molecule is Cc1c(N)cncc1-c1cc2cc(Nc3cc4n(n3)CS(=O)(=O)CCC4)ncc2c(N)c1F. The van der Waals surface area contributed by atoms with Gasteiger partial charge in [0, 0.05) is 40.7 Å². The molecule has 5 rings (SSSR count). The van der Waals surface area contributed by atoms with Gasteiger partial charge in [-0.3, -0.25) is 9.67 Å². The zero-order chi connectivity index (χ0) is 23.3. The van der Waals surface area contributed by atoms with Gasteiger partial charge < -0.3 is 16.8 Å². The van der Waals surface area contributed by atoms with Crippen LogP contribution in [0.5, 0.6) is 0 Å². The molecule has 170 valence electrons. The maximum Gasteiger partial charge on any atom is 0.170 e. The highest BCUT2D eigenvalue weighted by Crippen LogP contribution is 2.36. The van der Waals surface area contributed by atoms with Gasteiger partial charge in [-0.25, -0.2) is 17.8 Å². The number of nitrogens with zero attached hydrogens (tertiary/aromatic N) is 4. The molecule has 0 spiro atoms. The summed E-state index contributed by atoms with van der Waals surface area (Å²) in [5.74, 6) is 0.424. The number of nitrogens with one attached hydrogen (secondary N) is 1. The molecular weight excluding hydrogens is 445 g/mol. The molecular formula is C22H22FN7O2S. The number of sulfone groups is 1. The molecule has 0 radical (unpaired) electrons. The normalized spacial score (nSPS) is 15.2. The second-order valence-corrected chi connectivity index (χ2v) is 10.3. The molecule has 0 unspecified atom stereocenters. The fraction of sp³-hybridized carbons (Fsp3) is 0.227. The summed E-state index contributed by atoms with van der Waals surface area (Å²) in [5.41, 5.74) is 14.9. The van der Waals surface area contributed by atoms with Gasteiger partial charge in [-0.1, -0.05) is 0 Å². The molecule has 0 amide bonds. The summed E-state index contributed by atoms with van der Waals surface area (Å²) >= 11 is 0. The van der Waals surface area contributed by atoms with Crippen molar-refractivity contribution in [3.05, 3.63) is 53.9 Å². The van der Waals surface area contributed by atoms with Gasteiger partial charge in [0.05, 0.1) is 23.3 Å². The third kappa shape index (κ3) is 3.84. The summed E-state index contributed by atoms with van der Waals surface area (Å²) in [6, 6.07) is 5.25. The maximum atomic E-state index is 15.1. The van der Waals surface area contributed by atoms with Gasteiger partial charge in [-0.15, -0.1) is 0 Å². The maximum absolute atomic E-state index is 15.1. The molecule has 3 aromatic heterocycles. The van der Waals surface area contributed by atoms with Crippen LogP contribution in [0.25, 0.3) is 21.9 Å². The first kappa shape index (κ1) is 21.1. The Labute approximate surface area is 189 Å². The molecule has 0 fully saturated rings. The zero-order valence-corrected chi connectivity index (χ0v) is 18.7. The first-order valence-electron chi connectivity index (χ1n) is 10.3. The Hall–Kier alpha value is -3.73. The molecule has 0 saturated heterocycles. The molecule has 0 saturated carbocycles. The highest BCUT2D eigenvalue weighted by Gasteiger charge is 2.21. The largest absolute Gasteiger partial charge is 0.397 e. The summed E-state index contributed by atoms with van der Waals surface area (Å²) in [6.45, 7) is 1.80. The number of hydrogen-bond acceptors (Lipinski definition) is 8. The molecule has 4 aromatic rings. The van der Waals surface area contributed by atoms with Crippen LogP contribution in [0.3, 0.4) is 0 Å². The molecule has 1 aliphatic heterocycles. The summed E-state index contributed by atoms with van der Waals surface area (Å²) in [7, 11) is -3.17. The zero-order valence-electron chi connectivity index (χ0n) is 17.8. The van der Waals surface area contributed by atoms with E-state index in [-0.39, 0.29) is 17.3 Å². The van der Waals surface area contributed by atoms with Crippen molar-refractivity contribution >= 4 is 43.6 Å². The van der Waals surface area contributed by atoms with Gasteiger partial charge in [0.2, 0.25) is 0 Å². The van der Waals surface area contributed by atoms with Crippen molar-refractivity contribution in [1.82, 2.24) is 19.7 Å². The number of fused-ring (bicyclic) bond motifs is 2. The van der Waals surface area contributed by atoms with Gasteiger partial charge in [0.15, 0.2) is 21.5 Å². The summed E-state index contributed by atoms with van der Waals surface area (Å²) in [4.78, 5) is 8.42. The molecule has 33 heavy (non-hydrogen) atoms. The quantitative estimate of drug-likeness (QED) is 0.390. The lowest BCUT2D eigenvalue weighted by molar-refractivity contribution is 0.578. The van der Waals surface area contributed by atoms with Crippen LogP contribution < -0.4 is 16.8 Å². The van der Waals surface area contributed by atoms with E-state index in [1.54, 1.807) is 25.3 Å². The Kier molecular flexibility index (Phi) is 4.93.